The largest absolute Gasteiger partial charge is 0.465 e. The van der Waals surface area contributed by atoms with Crippen LogP contribution in [0, 0.1) is 0 Å². The Hall–Kier alpha value is -3.82. The molecular formula is C28H36N6O4. The van der Waals surface area contributed by atoms with Crippen LogP contribution in [0.1, 0.15) is 81.4 Å². The Morgan fingerprint density at radius 3 is 2.26 bits per heavy atom. The van der Waals surface area contributed by atoms with E-state index in [1.807, 2.05) is 27.0 Å². The Balaban J connectivity index is 1.18. The summed E-state index contributed by atoms with van der Waals surface area (Å²) in [6.45, 7) is 6.87. The maximum Gasteiger partial charge on any atom is 0.410 e. The first-order valence-electron chi connectivity index (χ1n) is 13.3. The van der Waals surface area contributed by atoms with Gasteiger partial charge in [-0.3, -0.25) is 9.80 Å². The average Bonchev–Trinajstić information content (AvgIpc) is 3.66. The van der Waals surface area contributed by atoms with Gasteiger partial charge in [-0.05, 0) is 70.4 Å². The number of H-pyrrole nitrogens is 2. The molecule has 0 bridgehead atoms. The fourth-order valence-corrected chi connectivity index (χ4v) is 5.33. The van der Waals surface area contributed by atoms with E-state index in [1.165, 1.54) is 10.5 Å². The summed E-state index contributed by atoms with van der Waals surface area (Å²) in [5.74, 6) is 1.52. The summed E-state index contributed by atoms with van der Waals surface area (Å²) in [6.07, 6.45) is 7.56. The van der Waals surface area contributed by atoms with E-state index in [1.54, 1.807) is 11.1 Å². The molecule has 38 heavy (non-hydrogen) atoms. The fraction of sp³-hybridized carbons (Fsp3) is 0.500. The van der Waals surface area contributed by atoms with E-state index in [4.69, 9.17) is 4.74 Å². The molecule has 2 aliphatic rings. The van der Waals surface area contributed by atoms with Crippen molar-refractivity contribution in [3.05, 3.63) is 59.6 Å². The maximum absolute atomic E-state index is 12.6. The topological polar surface area (TPSA) is 127 Å². The molecule has 2 aliphatic heterocycles. The molecule has 2 atom stereocenters. The number of aromatic amines is 2. The van der Waals surface area contributed by atoms with E-state index in [9.17, 15) is 14.7 Å². The van der Waals surface area contributed by atoms with Crippen LogP contribution in [-0.2, 0) is 17.6 Å². The van der Waals surface area contributed by atoms with E-state index in [2.05, 4.69) is 44.2 Å². The Kier molecular flexibility index (Phi) is 7.14. The summed E-state index contributed by atoms with van der Waals surface area (Å²) >= 11 is 0. The molecule has 0 radical (unpaired) electrons. The number of carbonyl (C=O) groups is 2. The second-order valence-corrected chi connectivity index (χ2v) is 11.1. The lowest BCUT2D eigenvalue weighted by molar-refractivity contribution is 0.0218. The number of nitrogens with one attached hydrogen (secondary N) is 2. The molecule has 2 aromatic heterocycles. The van der Waals surface area contributed by atoms with Gasteiger partial charge in [0.25, 0.3) is 0 Å². The standard InChI is InChI=1S/C28H36N6O4/c1-28(2,3)38-27(37)34-15-5-7-23(34)24-29-16-20(31-24)13-10-18-8-11-19(12-9-18)21-17-30-25(32-21)22-6-4-14-33(22)26(35)36/h8-9,11-12,16-17,22-23H,4-7,10,13-15H2,1-3H3,(H,29,31)(H,30,32)(H,35,36)/t22?,23-/m0/s1. The first kappa shape index (κ1) is 25.8. The zero-order valence-electron chi connectivity index (χ0n) is 22.2. The molecule has 2 amide bonds. The molecule has 202 valence electrons. The predicted octanol–water partition coefficient (Wildman–Crippen LogP) is 5.47. The molecule has 1 unspecified atom stereocenters. The summed E-state index contributed by atoms with van der Waals surface area (Å²) in [5.41, 5.74) is 3.62. The van der Waals surface area contributed by atoms with Gasteiger partial charge in [-0.1, -0.05) is 24.3 Å². The number of aryl methyl sites for hydroxylation is 2. The number of amides is 2. The van der Waals surface area contributed by atoms with Crippen LogP contribution in [0.5, 0.6) is 0 Å². The number of carboxylic acid groups (broad SMARTS) is 1. The van der Waals surface area contributed by atoms with Crippen molar-refractivity contribution in [3.8, 4) is 11.3 Å². The first-order valence-corrected chi connectivity index (χ1v) is 13.3. The number of aromatic nitrogens is 4. The van der Waals surface area contributed by atoms with E-state index in [0.717, 1.165) is 61.3 Å². The van der Waals surface area contributed by atoms with Crippen molar-refractivity contribution in [1.82, 2.24) is 29.7 Å². The molecule has 2 saturated heterocycles. The lowest BCUT2D eigenvalue weighted by Crippen LogP contribution is -2.36. The smallest absolute Gasteiger partial charge is 0.410 e. The van der Waals surface area contributed by atoms with Gasteiger partial charge in [0.1, 0.15) is 17.2 Å². The van der Waals surface area contributed by atoms with Crippen LogP contribution in [-0.4, -0.2) is 65.7 Å². The van der Waals surface area contributed by atoms with Gasteiger partial charge in [0, 0.05) is 25.0 Å². The summed E-state index contributed by atoms with van der Waals surface area (Å²) in [5, 5.41) is 9.42. The lowest BCUT2D eigenvalue weighted by Gasteiger charge is -2.27. The highest BCUT2D eigenvalue weighted by atomic mass is 16.6. The molecule has 10 heteroatoms. The van der Waals surface area contributed by atoms with Gasteiger partial charge in [-0.25, -0.2) is 19.6 Å². The Bertz CT molecular complexity index is 1280. The average molecular weight is 521 g/mol. The summed E-state index contributed by atoms with van der Waals surface area (Å²) < 4.78 is 5.58. The zero-order chi connectivity index (χ0) is 26.9. The van der Waals surface area contributed by atoms with E-state index >= 15 is 0 Å². The number of rotatable bonds is 6. The molecule has 10 nitrogen and oxygen atoms in total. The van der Waals surface area contributed by atoms with Crippen molar-refractivity contribution in [2.24, 2.45) is 0 Å². The molecule has 1 aromatic carbocycles. The third-order valence-corrected chi connectivity index (χ3v) is 7.20. The maximum atomic E-state index is 12.6. The number of likely N-dealkylation sites (tertiary alicyclic amines) is 2. The van der Waals surface area contributed by atoms with Gasteiger partial charge >= 0.3 is 12.2 Å². The van der Waals surface area contributed by atoms with Crippen molar-refractivity contribution < 1.29 is 19.4 Å². The monoisotopic (exact) mass is 520 g/mol. The molecule has 0 aliphatic carbocycles. The minimum atomic E-state index is -0.900. The number of hydrogen-bond donors (Lipinski definition) is 3. The summed E-state index contributed by atoms with van der Waals surface area (Å²) in [7, 11) is 0. The third-order valence-electron chi connectivity index (χ3n) is 7.20. The quantitative estimate of drug-likeness (QED) is 0.395. The van der Waals surface area contributed by atoms with Crippen molar-refractivity contribution in [2.45, 2.75) is 77.0 Å². The van der Waals surface area contributed by atoms with Gasteiger partial charge in [0.05, 0.1) is 24.0 Å². The lowest BCUT2D eigenvalue weighted by atomic mass is 10.1. The van der Waals surface area contributed by atoms with Crippen LogP contribution in [0.25, 0.3) is 11.3 Å². The van der Waals surface area contributed by atoms with Crippen LogP contribution in [0.2, 0.25) is 0 Å². The minimum Gasteiger partial charge on any atom is -0.465 e. The second-order valence-electron chi connectivity index (χ2n) is 11.1. The first-order chi connectivity index (χ1) is 18.2. The van der Waals surface area contributed by atoms with Gasteiger partial charge in [0.15, 0.2) is 0 Å². The Labute approximate surface area is 222 Å². The van der Waals surface area contributed by atoms with E-state index in [0.29, 0.717) is 18.9 Å². The van der Waals surface area contributed by atoms with E-state index < -0.39 is 11.7 Å². The molecule has 3 aromatic rings. The number of carbonyl (C=O) groups excluding carboxylic acids is 1. The molecular weight excluding hydrogens is 484 g/mol. The van der Waals surface area contributed by atoms with Crippen LogP contribution in [0.15, 0.2) is 36.7 Å². The van der Waals surface area contributed by atoms with Crippen LogP contribution < -0.4 is 0 Å². The fourth-order valence-electron chi connectivity index (χ4n) is 5.33. The number of nitrogens with zero attached hydrogens (tertiary/aromatic N) is 4. The van der Waals surface area contributed by atoms with Crippen molar-refractivity contribution in [1.29, 1.82) is 0 Å². The molecule has 3 N–H and O–H groups in total. The molecule has 5 rings (SSSR count). The molecule has 2 fully saturated rings. The highest BCUT2D eigenvalue weighted by Crippen LogP contribution is 2.33. The zero-order valence-corrected chi connectivity index (χ0v) is 22.2. The molecule has 4 heterocycles. The molecule has 0 spiro atoms. The van der Waals surface area contributed by atoms with Crippen LogP contribution in [0.3, 0.4) is 0 Å². The van der Waals surface area contributed by atoms with Crippen molar-refractivity contribution in [3.63, 3.8) is 0 Å². The van der Waals surface area contributed by atoms with Gasteiger partial charge < -0.3 is 19.8 Å². The van der Waals surface area contributed by atoms with Gasteiger partial charge in [-0.15, -0.1) is 0 Å². The highest BCUT2D eigenvalue weighted by molar-refractivity contribution is 5.69. The van der Waals surface area contributed by atoms with Crippen LogP contribution in [0.4, 0.5) is 9.59 Å². The normalized spacial score (nSPS) is 19.8. The van der Waals surface area contributed by atoms with E-state index in [-0.39, 0.29) is 18.2 Å². The highest BCUT2D eigenvalue weighted by Gasteiger charge is 2.35. The van der Waals surface area contributed by atoms with Crippen LogP contribution >= 0.6 is 0 Å². The SMILES string of the molecule is CC(C)(C)OC(=O)N1CCC[C@H]1c1ncc(CCc2ccc(-c3cnc(C4CCCN4C(=O)O)[nH]3)cc2)[nH]1. The molecule has 0 saturated carbocycles. The number of ether oxygens (including phenoxy) is 1. The summed E-state index contributed by atoms with van der Waals surface area (Å²) in [6, 6.07) is 8.04. The summed E-state index contributed by atoms with van der Waals surface area (Å²) in [4.78, 5) is 43.1. The number of imidazole rings is 2. The Morgan fingerprint density at radius 2 is 1.58 bits per heavy atom. The third kappa shape index (κ3) is 5.69. The second kappa shape index (κ2) is 10.5. The van der Waals surface area contributed by atoms with Gasteiger partial charge in [0.2, 0.25) is 0 Å². The van der Waals surface area contributed by atoms with Gasteiger partial charge in [-0.2, -0.15) is 0 Å². The Morgan fingerprint density at radius 1 is 0.947 bits per heavy atom. The predicted molar refractivity (Wildman–Crippen MR) is 142 cm³/mol. The number of hydrogen-bond acceptors (Lipinski definition) is 5. The van der Waals surface area contributed by atoms with Crippen molar-refractivity contribution >= 4 is 12.2 Å². The number of benzene rings is 1. The van der Waals surface area contributed by atoms with Crippen molar-refractivity contribution in [2.75, 3.05) is 13.1 Å². The minimum absolute atomic E-state index is 0.0796.